The first-order valence-corrected chi connectivity index (χ1v) is 11.2. The summed E-state index contributed by atoms with van der Waals surface area (Å²) in [5, 5.41) is 11.3. The van der Waals surface area contributed by atoms with Gasteiger partial charge in [-0.25, -0.2) is 8.42 Å². The number of carbonyl (C=O) groups is 1. The molecule has 0 saturated carbocycles. The van der Waals surface area contributed by atoms with E-state index in [1.807, 2.05) is 24.3 Å². The third kappa shape index (κ3) is 3.95. The Morgan fingerprint density at radius 3 is 2.60 bits per heavy atom. The van der Waals surface area contributed by atoms with Crippen molar-refractivity contribution < 1.29 is 22.9 Å². The highest BCUT2D eigenvalue weighted by Gasteiger charge is 2.38. The van der Waals surface area contributed by atoms with Crippen LogP contribution in [0.25, 0.3) is 0 Å². The van der Waals surface area contributed by atoms with Gasteiger partial charge in [0.25, 0.3) is 11.6 Å². The van der Waals surface area contributed by atoms with Gasteiger partial charge in [0, 0.05) is 24.4 Å². The van der Waals surface area contributed by atoms with E-state index >= 15 is 0 Å². The Labute approximate surface area is 175 Å². The lowest BCUT2D eigenvalue weighted by molar-refractivity contribution is -0.384. The second kappa shape index (κ2) is 8.31. The van der Waals surface area contributed by atoms with Gasteiger partial charge in [0.2, 0.25) is 10.0 Å². The van der Waals surface area contributed by atoms with E-state index in [9.17, 15) is 23.3 Å². The van der Waals surface area contributed by atoms with Crippen LogP contribution in [0.4, 0.5) is 17.1 Å². The van der Waals surface area contributed by atoms with Gasteiger partial charge >= 0.3 is 0 Å². The van der Waals surface area contributed by atoms with E-state index in [2.05, 4.69) is 0 Å². The van der Waals surface area contributed by atoms with Crippen LogP contribution < -0.4 is 13.9 Å². The number of carbonyl (C=O) groups excluding carboxylic acids is 1. The van der Waals surface area contributed by atoms with E-state index in [1.54, 1.807) is 11.8 Å². The zero-order valence-electron chi connectivity index (χ0n) is 16.9. The molecule has 3 rings (SSSR count). The van der Waals surface area contributed by atoms with Gasteiger partial charge in [-0.3, -0.25) is 19.2 Å². The number of hydrogen-bond donors (Lipinski definition) is 0. The van der Waals surface area contributed by atoms with Gasteiger partial charge in [-0.15, -0.1) is 0 Å². The molecule has 9 nitrogen and oxygen atoms in total. The average Bonchev–Trinajstić information content (AvgIpc) is 3.14. The predicted octanol–water partition coefficient (Wildman–Crippen LogP) is 2.74. The summed E-state index contributed by atoms with van der Waals surface area (Å²) in [5.74, 6) is -0.263. The van der Waals surface area contributed by atoms with E-state index in [-0.39, 0.29) is 29.5 Å². The van der Waals surface area contributed by atoms with Crippen LogP contribution in [0.5, 0.6) is 5.75 Å². The van der Waals surface area contributed by atoms with Crippen molar-refractivity contribution in [3.63, 3.8) is 0 Å². The number of ether oxygens (including phenoxy) is 1. The van der Waals surface area contributed by atoms with Gasteiger partial charge < -0.3 is 9.64 Å². The molecule has 0 bridgehead atoms. The van der Waals surface area contributed by atoms with Gasteiger partial charge in [0.15, 0.2) is 0 Å². The number of non-ortho nitro benzene ring substituents is 1. The summed E-state index contributed by atoms with van der Waals surface area (Å²) >= 11 is 0. The number of sulfonamides is 1. The Morgan fingerprint density at radius 1 is 1.30 bits per heavy atom. The number of nitrogens with zero attached hydrogens (tertiary/aromatic N) is 3. The highest BCUT2D eigenvalue weighted by Crippen LogP contribution is 2.37. The van der Waals surface area contributed by atoms with Crippen LogP contribution in [0.3, 0.4) is 0 Å². The van der Waals surface area contributed by atoms with E-state index in [0.29, 0.717) is 13.0 Å². The van der Waals surface area contributed by atoms with Gasteiger partial charge in [0.05, 0.1) is 18.3 Å². The summed E-state index contributed by atoms with van der Waals surface area (Å²) in [6.07, 6.45) is 1.83. The van der Waals surface area contributed by atoms with Crippen LogP contribution >= 0.6 is 0 Å². The molecule has 2 aromatic rings. The van der Waals surface area contributed by atoms with Crippen LogP contribution in [0, 0.1) is 10.1 Å². The van der Waals surface area contributed by atoms with Crippen molar-refractivity contribution in [1.29, 1.82) is 0 Å². The van der Waals surface area contributed by atoms with Crippen molar-refractivity contribution in [2.75, 3.05) is 29.1 Å². The fraction of sp³-hybridized carbons (Fsp3) is 0.350. The van der Waals surface area contributed by atoms with Gasteiger partial charge in [-0.05, 0) is 30.5 Å². The summed E-state index contributed by atoms with van der Waals surface area (Å²) in [5.41, 5.74) is 1.43. The zero-order valence-corrected chi connectivity index (χ0v) is 17.8. The molecule has 0 radical (unpaired) electrons. The Kier molecular flexibility index (Phi) is 5.97. The number of nitro groups is 1. The lowest BCUT2D eigenvalue weighted by Gasteiger charge is -2.33. The van der Waals surface area contributed by atoms with Crippen molar-refractivity contribution in [1.82, 2.24) is 0 Å². The maximum atomic E-state index is 13.5. The Balaban J connectivity index is 2.11. The summed E-state index contributed by atoms with van der Waals surface area (Å²) in [4.78, 5) is 25.7. The molecule has 0 spiro atoms. The number of methoxy groups -OCH3 is 1. The number of anilines is 2. The molecular formula is C20H23N3O6S. The van der Waals surface area contributed by atoms with E-state index in [4.69, 9.17) is 4.74 Å². The number of para-hydroxylation sites is 1. The van der Waals surface area contributed by atoms with Gasteiger partial charge in [0.1, 0.15) is 17.5 Å². The van der Waals surface area contributed by atoms with Crippen molar-refractivity contribution in [2.24, 2.45) is 0 Å². The van der Waals surface area contributed by atoms with Gasteiger partial charge in [-0.1, -0.05) is 25.1 Å². The molecule has 0 N–H and O–H groups in total. The molecule has 1 aliphatic rings. The SMILES string of the molecule is CCC(C(=O)N1CCc2ccccc21)N(c1cc([N+](=O)[O-])ccc1OC)S(C)(=O)=O. The summed E-state index contributed by atoms with van der Waals surface area (Å²) in [6.45, 7) is 2.14. The predicted molar refractivity (Wildman–Crippen MR) is 114 cm³/mol. The summed E-state index contributed by atoms with van der Waals surface area (Å²) in [7, 11) is -2.64. The standard InChI is InChI=1S/C20H23N3O6S/c1-4-16(20(24)21-12-11-14-7-5-6-8-17(14)21)22(30(3,27)28)18-13-15(23(25)26)9-10-19(18)29-2/h5-10,13,16H,4,11-12H2,1-3H3. The lowest BCUT2D eigenvalue weighted by Crippen LogP contribution is -2.50. The molecule has 160 valence electrons. The highest BCUT2D eigenvalue weighted by molar-refractivity contribution is 7.92. The Morgan fingerprint density at radius 2 is 2.00 bits per heavy atom. The molecule has 1 atom stereocenters. The summed E-state index contributed by atoms with van der Waals surface area (Å²) in [6, 6.07) is 10.1. The third-order valence-electron chi connectivity index (χ3n) is 5.08. The van der Waals surface area contributed by atoms with Gasteiger partial charge in [-0.2, -0.15) is 0 Å². The molecule has 0 fully saturated rings. The average molecular weight is 433 g/mol. The first-order valence-electron chi connectivity index (χ1n) is 9.40. The highest BCUT2D eigenvalue weighted by atomic mass is 32.2. The van der Waals surface area contributed by atoms with Crippen molar-refractivity contribution in [3.8, 4) is 5.75 Å². The van der Waals surface area contributed by atoms with Crippen molar-refractivity contribution in [2.45, 2.75) is 25.8 Å². The first-order chi connectivity index (χ1) is 14.2. The molecule has 0 saturated heterocycles. The number of nitro benzene ring substituents is 1. The number of hydrogen-bond acceptors (Lipinski definition) is 6. The summed E-state index contributed by atoms with van der Waals surface area (Å²) < 4.78 is 31.7. The molecule has 30 heavy (non-hydrogen) atoms. The Bertz CT molecular complexity index is 1090. The second-order valence-corrected chi connectivity index (χ2v) is 8.82. The van der Waals surface area contributed by atoms with Crippen LogP contribution in [0.2, 0.25) is 0 Å². The fourth-order valence-corrected chi connectivity index (χ4v) is 4.93. The molecular weight excluding hydrogens is 410 g/mol. The molecule has 10 heteroatoms. The molecule has 1 heterocycles. The van der Waals surface area contributed by atoms with Crippen LogP contribution in [-0.4, -0.2) is 45.2 Å². The minimum absolute atomic E-state index is 0.0399. The fourth-order valence-electron chi connectivity index (χ4n) is 3.73. The van der Waals surface area contributed by atoms with Crippen molar-refractivity contribution >= 4 is 33.0 Å². The van der Waals surface area contributed by atoms with Crippen LogP contribution in [-0.2, 0) is 21.2 Å². The third-order valence-corrected chi connectivity index (χ3v) is 6.24. The maximum Gasteiger partial charge on any atom is 0.271 e. The van der Waals surface area contributed by atoms with Crippen LogP contribution in [0.1, 0.15) is 18.9 Å². The molecule has 1 aliphatic heterocycles. The number of rotatable bonds is 7. The minimum Gasteiger partial charge on any atom is -0.495 e. The number of amides is 1. The first kappa shape index (κ1) is 21.6. The zero-order chi connectivity index (χ0) is 22.1. The normalized spacial score (nSPS) is 14.2. The molecule has 0 aliphatic carbocycles. The lowest BCUT2D eigenvalue weighted by atomic mass is 10.1. The molecule has 1 unspecified atom stereocenters. The quantitative estimate of drug-likeness (QED) is 0.490. The van der Waals surface area contributed by atoms with E-state index in [0.717, 1.165) is 27.9 Å². The smallest absolute Gasteiger partial charge is 0.271 e. The van der Waals surface area contributed by atoms with Crippen molar-refractivity contribution in [3.05, 3.63) is 58.1 Å². The monoisotopic (exact) mass is 433 g/mol. The number of benzene rings is 2. The molecule has 1 amide bonds. The molecule has 2 aromatic carbocycles. The topological polar surface area (TPSA) is 110 Å². The Hall–Kier alpha value is -3.14. The molecule has 0 aromatic heterocycles. The minimum atomic E-state index is -3.97. The number of fused-ring (bicyclic) bond motifs is 1. The van der Waals surface area contributed by atoms with E-state index in [1.165, 1.54) is 19.2 Å². The van der Waals surface area contributed by atoms with Crippen LogP contribution in [0.15, 0.2) is 42.5 Å². The van der Waals surface area contributed by atoms with E-state index < -0.39 is 21.0 Å². The largest absolute Gasteiger partial charge is 0.495 e. The maximum absolute atomic E-state index is 13.5. The second-order valence-electron chi connectivity index (χ2n) is 6.96.